The molecule has 0 amide bonds. The van der Waals surface area contributed by atoms with Crippen LogP contribution in [0.5, 0.6) is 0 Å². The van der Waals surface area contributed by atoms with Crippen LogP contribution in [0.2, 0.25) is 0 Å². The topological polar surface area (TPSA) is 52.6 Å². The van der Waals surface area contributed by atoms with Crippen molar-refractivity contribution in [2.75, 3.05) is 14.2 Å². The second kappa shape index (κ2) is 4.91. The van der Waals surface area contributed by atoms with E-state index in [9.17, 15) is 14.0 Å². The third kappa shape index (κ3) is 2.55. The zero-order chi connectivity index (χ0) is 11.4. The van der Waals surface area contributed by atoms with Crippen LogP contribution in [0.4, 0.5) is 4.39 Å². The van der Waals surface area contributed by atoms with E-state index < -0.39 is 29.9 Å². The Kier molecular flexibility index (Phi) is 3.82. The van der Waals surface area contributed by atoms with Crippen LogP contribution in [0.25, 0.3) is 0 Å². The lowest BCUT2D eigenvalue weighted by Gasteiger charge is -2.24. The van der Waals surface area contributed by atoms with Gasteiger partial charge in [0.25, 0.3) is 0 Å². The molecule has 0 N–H and O–H groups in total. The van der Waals surface area contributed by atoms with E-state index >= 15 is 0 Å². The lowest BCUT2D eigenvalue weighted by Crippen LogP contribution is -2.34. The molecule has 84 valence electrons. The largest absolute Gasteiger partial charge is 0.469 e. The van der Waals surface area contributed by atoms with Crippen molar-refractivity contribution in [1.29, 1.82) is 0 Å². The maximum absolute atomic E-state index is 13.0. The summed E-state index contributed by atoms with van der Waals surface area (Å²) in [5.74, 6) is -2.66. The Labute approximate surface area is 87.0 Å². The van der Waals surface area contributed by atoms with E-state index in [4.69, 9.17) is 0 Å². The van der Waals surface area contributed by atoms with Crippen molar-refractivity contribution in [3.8, 4) is 0 Å². The molecule has 1 rings (SSSR count). The fourth-order valence-electron chi connectivity index (χ4n) is 1.62. The molecule has 0 saturated carbocycles. The van der Waals surface area contributed by atoms with Gasteiger partial charge >= 0.3 is 11.9 Å². The van der Waals surface area contributed by atoms with Crippen LogP contribution in [0, 0.1) is 11.8 Å². The number of methoxy groups -OCH3 is 2. The summed E-state index contributed by atoms with van der Waals surface area (Å²) in [6.45, 7) is 0. The first-order valence-corrected chi connectivity index (χ1v) is 4.58. The molecule has 0 saturated heterocycles. The fourth-order valence-corrected chi connectivity index (χ4v) is 1.62. The van der Waals surface area contributed by atoms with E-state index in [2.05, 4.69) is 9.47 Å². The Bertz CT molecular complexity index is 287. The molecule has 0 heterocycles. The number of hydrogen-bond acceptors (Lipinski definition) is 4. The number of alkyl halides is 1. The van der Waals surface area contributed by atoms with Gasteiger partial charge in [-0.15, -0.1) is 0 Å². The van der Waals surface area contributed by atoms with Crippen LogP contribution in [0.15, 0.2) is 12.2 Å². The summed E-state index contributed by atoms with van der Waals surface area (Å²) in [6, 6.07) is 0. The van der Waals surface area contributed by atoms with Gasteiger partial charge < -0.3 is 9.47 Å². The monoisotopic (exact) mass is 216 g/mol. The number of allylic oxidation sites excluding steroid dienone is 1. The van der Waals surface area contributed by atoms with Crippen molar-refractivity contribution in [1.82, 2.24) is 0 Å². The van der Waals surface area contributed by atoms with Crippen LogP contribution in [0.3, 0.4) is 0 Å². The Balaban J connectivity index is 2.85. The summed E-state index contributed by atoms with van der Waals surface area (Å²) in [5, 5.41) is 0. The SMILES string of the molecule is COC(=O)[C@H]1C=C[C@H](F)C[C@H]1C(=O)OC. The highest BCUT2D eigenvalue weighted by atomic mass is 19.1. The molecule has 3 atom stereocenters. The zero-order valence-electron chi connectivity index (χ0n) is 8.60. The minimum absolute atomic E-state index is 0.0388. The summed E-state index contributed by atoms with van der Waals surface area (Å²) in [6.07, 6.45) is 1.38. The molecule has 0 fully saturated rings. The summed E-state index contributed by atoms with van der Waals surface area (Å²) in [4.78, 5) is 22.6. The van der Waals surface area contributed by atoms with Gasteiger partial charge in [0.2, 0.25) is 0 Å². The van der Waals surface area contributed by atoms with Gasteiger partial charge in [0, 0.05) is 0 Å². The van der Waals surface area contributed by atoms with Gasteiger partial charge in [0.15, 0.2) is 0 Å². The summed E-state index contributed by atoms with van der Waals surface area (Å²) in [5.41, 5.74) is 0. The predicted molar refractivity (Wildman–Crippen MR) is 49.7 cm³/mol. The standard InChI is InChI=1S/C10H13FO4/c1-14-9(12)7-4-3-6(11)5-8(7)10(13)15-2/h3-4,6-8H,5H2,1-2H3/t6-,7-,8+/m0/s1. The summed E-state index contributed by atoms with van der Waals surface area (Å²) >= 11 is 0. The molecule has 15 heavy (non-hydrogen) atoms. The Morgan fingerprint density at radius 3 is 2.33 bits per heavy atom. The van der Waals surface area contributed by atoms with Gasteiger partial charge in [-0.3, -0.25) is 9.59 Å². The lowest BCUT2D eigenvalue weighted by atomic mass is 9.83. The second-order valence-corrected chi connectivity index (χ2v) is 3.32. The van der Waals surface area contributed by atoms with E-state index in [0.29, 0.717) is 0 Å². The average molecular weight is 216 g/mol. The first kappa shape index (κ1) is 11.7. The molecule has 5 heteroatoms. The highest BCUT2D eigenvalue weighted by molar-refractivity contribution is 5.83. The Morgan fingerprint density at radius 1 is 1.20 bits per heavy atom. The third-order valence-electron chi connectivity index (χ3n) is 2.42. The van der Waals surface area contributed by atoms with E-state index in [1.54, 1.807) is 0 Å². The fraction of sp³-hybridized carbons (Fsp3) is 0.600. The number of carbonyl (C=O) groups excluding carboxylic acids is 2. The van der Waals surface area contributed by atoms with Gasteiger partial charge in [0.05, 0.1) is 26.1 Å². The molecule has 4 nitrogen and oxygen atoms in total. The first-order chi connectivity index (χ1) is 7.10. The summed E-state index contributed by atoms with van der Waals surface area (Å²) < 4.78 is 22.1. The van der Waals surface area contributed by atoms with Gasteiger partial charge in [-0.2, -0.15) is 0 Å². The van der Waals surface area contributed by atoms with Crippen molar-refractivity contribution in [2.45, 2.75) is 12.6 Å². The van der Waals surface area contributed by atoms with E-state index in [-0.39, 0.29) is 6.42 Å². The smallest absolute Gasteiger partial charge is 0.313 e. The first-order valence-electron chi connectivity index (χ1n) is 4.58. The molecule has 0 aromatic carbocycles. The van der Waals surface area contributed by atoms with E-state index in [1.807, 2.05) is 0 Å². The van der Waals surface area contributed by atoms with Crippen LogP contribution in [-0.4, -0.2) is 32.3 Å². The van der Waals surface area contributed by atoms with Crippen molar-refractivity contribution < 1.29 is 23.5 Å². The Hall–Kier alpha value is -1.39. The number of halogens is 1. The van der Waals surface area contributed by atoms with Crippen LogP contribution in [0.1, 0.15) is 6.42 Å². The average Bonchev–Trinajstić information content (AvgIpc) is 2.26. The van der Waals surface area contributed by atoms with Crippen LogP contribution >= 0.6 is 0 Å². The third-order valence-corrected chi connectivity index (χ3v) is 2.42. The van der Waals surface area contributed by atoms with Crippen molar-refractivity contribution in [3.63, 3.8) is 0 Å². The normalized spacial score (nSPS) is 29.7. The second-order valence-electron chi connectivity index (χ2n) is 3.32. The number of esters is 2. The van der Waals surface area contributed by atoms with Gasteiger partial charge in [-0.25, -0.2) is 4.39 Å². The number of rotatable bonds is 2. The molecular weight excluding hydrogens is 203 g/mol. The molecule has 1 aliphatic carbocycles. The minimum atomic E-state index is -1.21. The molecule has 0 bridgehead atoms. The number of carbonyl (C=O) groups is 2. The maximum Gasteiger partial charge on any atom is 0.313 e. The molecule has 0 spiro atoms. The van der Waals surface area contributed by atoms with Gasteiger partial charge in [-0.1, -0.05) is 12.2 Å². The number of ether oxygens (including phenoxy) is 2. The molecule has 0 radical (unpaired) electrons. The molecule has 0 aromatic rings. The lowest BCUT2D eigenvalue weighted by molar-refractivity contribution is -0.156. The molecule has 0 aliphatic heterocycles. The minimum Gasteiger partial charge on any atom is -0.469 e. The maximum atomic E-state index is 13.0. The van der Waals surface area contributed by atoms with Crippen molar-refractivity contribution >= 4 is 11.9 Å². The highest BCUT2D eigenvalue weighted by Crippen LogP contribution is 2.28. The predicted octanol–water partition coefficient (Wildman–Crippen LogP) is 0.863. The van der Waals surface area contributed by atoms with Gasteiger partial charge in [-0.05, 0) is 6.42 Å². The molecular formula is C10H13FO4. The Morgan fingerprint density at radius 2 is 1.80 bits per heavy atom. The highest BCUT2D eigenvalue weighted by Gasteiger charge is 2.37. The quantitative estimate of drug-likeness (QED) is 0.507. The van der Waals surface area contributed by atoms with Crippen LogP contribution in [-0.2, 0) is 19.1 Å². The zero-order valence-corrected chi connectivity index (χ0v) is 8.60. The summed E-state index contributed by atoms with van der Waals surface area (Å²) in [7, 11) is 2.44. The van der Waals surface area contributed by atoms with E-state index in [0.717, 1.165) is 0 Å². The molecule has 0 unspecified atom stereocenters. The van der Waals surface area contributed by atoms with Crippen molar-refractivity contribution in [2.24, 2.45) is 11.8 Å². The van der Waals surface area contributed by atoms with Gasteiger partial charge in [0.1, 0.15) is 6.17 Å². The number of hydrogen-bond donors (Lipinski definition) is 0. The molecule has 0 aromatic heterocycles. The molecule has 1 aliphatic rings. The van der Waals surface area contributed by atoms with E-state index in [1.165, 1.54) is 26.4 Å². The van der Waals surface area contributed by atoms with Crippen LogP contribution < -0.4 is 0 Å². The van der Waals surface area contributed by atoms with Crippen molar-refractivity contribution in [3.05, 3.63) is 12.2 Å².